The Kier molecular flexibility index (Phi) is 7.57. The minimum absolute atomic E-state index is 0.132. The van der Waals surface area contributed by atoms with E-state index in [9.17, 15) is 13.2 Å². The van der Waals surface area contributed by atoms with Crippen LogP contribution >= 0.6 is 0 Å². The van der Waals surface area contributed by atoms with Gasteiger partial charge in [-0.2, -0.15) is 0 Å². The first-order valence-corrected chi connectivity index (χ1v) is 12.3. The molecule has 1 unspecified atom stereocenters. The smallest absolute Gasteiger partial charge is 0.162 e. The first-order valence-electron chi connectivity index (χ1n) is 12.3. The highest BCUT2D eigenvalue weighted by atomic mass is 19.2. The molecule has 0 heterocycles. The van der Waals surface area contributed by atoms with E-state index < -0.39 is 11.6 Å². The molecule has 1 atom stereocenters. The average Bonchev–Trinajstić information content (AvgIpc) is 2.85. The van der Waals surface area contributed by atoms with E-state index >= 15 is 0 Å². The number of rotatable bonds is 7. The van der Waals surface area contributed by atoms with E-state index in [-0.39, 0.29) is 11.7 Å². The molecule has 0 aromatic heterocycles. The molecule has 0 aliphatic heterocycles. The van der Waals surface area contributed by atoms with E-state index in [2.05, 4.69) is 13.5 Å². The minimum Gasteiger partial charge on any atom is -0.207 e. The first-order chi connectivity index (χ1) is 16.0. The lowest BCUT2D eigenvalue weighted by Crippen LogP contribution is -2.13. The largest absolute Gasteiger partial charge is 0.207 e. The fourth-order valence-electron chi connectivity index (χ4n) is 5.33. The molecule has 2 aromatic carbocycles. The van der Waals surface area contributed by atoms with Crippen LogP contribution in [0.2, 0.25) is 0 Å². The minimum atomic E-state index is -0.767. The van der Waals surface area contributed by atoms with Crippen LogP contribution in [0.4, 0.5) is 13.2 Å². The van der Waals surface area contributed by atoms with Crippen LogP contribution in [-0.4, -0.2) is 0 Å². The lowest BCUT2D eigenvalue weighted by atomic mass is 9.77. The second kappa shape index (κ2) is 10.6. The van der Waals surface area contributed by atoms with Crippen LogP contribution in [0.25, 0.3) is 5.57 Å². The van der Waals surface area contributed by atoms with Crippen LogP contribution in [0.5, 0.6) is 0 Å². The topological polar surface area (TPSA) is 0 Å². The highest BCUT2D eigenvalue weighted by Crippen LogP contribution is 2.39. The molecule has 33 heavy (non-hydrogen) atoms. The zero-order valence-corrected chi connectivity index (χ0v) is 19.4. The van der Waals surface area contributed by atoms with E-state index in [0.29, 0.717) is 36.3 Å². The number of halogens is 3. The molecule has 2 aliphatic rings. The van der Waals surface area contributed by atoms with Crippen molar-refractivity contribution in [3.8, 4) is 0 Å². The summed E-state index contributed by atoms with van der Waals surface area (Å²) in [7, 11) is 0. The lowest BCUT2D eigenvalue weighted by molar-refractivity contribution is 0.314. The Bertz CT molecular complexity index is 1050. The molecule has 0 N–H and O–H groups in total. The van der Waals surface area contributed by atoms with E-state index in [4.69, 9.17) is 0 Å². The lowest BCUT2D eigenvalue weighted by Gasteiger charge is -2.28. The molecule has 1 saturated carbocycles. The van der Waals surface area contributed by atoms with Crippen molar-refractivity contribution >= 4 is 5.57 Å². The Morgan fingerprint density at radius 1 is 0.970 bits per heavy atom. The summed E-state index contributed by atoms with van der Waals surface area (Å²) in [6.07, 6.45) is 14.8. The molecular formula is C30H33F3. The van der Waals surface area contributed by atoms with Gasteiger partial charge in [0.1, 0.15) is 5.82 Å². The zero-order valence-electron chi connectivity index (χ0n) is 19.4. The Morgan fingerprint density at radius 2 is 1.73 bits per heavy atom. The summed E-state index contributed by atoms with van der Waals surface area (Å²) in [4.78, 5) is 0. The van der Waals surface area contributed by atoms with Crippen LogP contribution in [0, 0.1) is 23.4 Å². The van der Waals surface area contributed by atoms with Gasteiger partial charge in [0.2, 0.25) is 0 Å². The summed E-state index contributed by atoms with van der Waals surface area (Å²) >= 11 is 0. The molecule has 174 valence electrons. The van der Waals surface area contributed by atoms with Crippen LogP contribution in [-0.2, 0) is 6.42 Å². The molecule has 1 fully saturated rings. The summed E-state index contributed by atoms with van der Waals surface area (Å²) in [5.41, 5.74) is 3.34. The maximum atomic E-state index is 15.0. The number of aryl methyl sites for hydroxylation is 1. The molecule has 0 saturated heterocycles. The van der Waals surface area contributed by atoms with E-state index in [1.165, 1.54) is 19.3 Å². The monoisotopic (exact) mass is 450 g/mol. The summed E-state index contributed by atoms with van der Waals surface area (Å²) in [5, 5.41) is 0. The quantitative estimate of drug-likeness (QED) is 0.369. The number of hydrogen-bond donors (Lipinski definition) is 0. The van der Waals surface area contributed by atoms with Gasteiger partial charge in [-0.3, -0.25) is 0 Å². The van der Waals surface area contributed by atoms with Crippen molar-refractivity contribution in [3.63, 3.8) is 0 Å². The number of allylic oxidation sites excluding steroid dienone is 5. The maximum absolute atomic E-state index is 15.0. The normalized spacial score (nSPS) is 22.8. The van der Waals surface area contributed by atoms with Gasteiger partial charge in [-0.15, -0.1) is 6.58 Å². The summed E-state index contributed by atoms with van der Waals surface area (Å²) < 4.78 is 44.2. The van der Waals surface area contributed by atoms with Gasteiger partial charge in [0, 0.05) is 5.92 Å². The van der Waals surface area contributed by atoms with Gasteiger partial charge in [-0.05, 0) is 90.7 Å². The Morgan fingerprint density at radius 3 is 2.36 bits per heavy atom. The molecular weight excluding hydrogens is 417 g/mol. The van der Waals surface area contributed by atoms with Crippen molar-refractivity contribution in [2.45, 2.75) is 70.1 Å². The molecule has 0 nitrogen and oxygen atoms in total. The average molecular weight is 451 g/mol. The summed E-state index contributed by atoms with van der Waals surface area (Å²) in [6, 6.07) is 8.93. The third-order valence-electron chi connectivity index (χ3n) is 7.51. The van der Waals surface area contributed by atoms with Gasteiger partial charge in [-0.25, -0.2) is 13.2 Å². The van der Waals surface area contributed by atoms with Gasteiger partial charge < -0.3 is 0 Å². The van der Waals surface area contributed by atoms with E-state index in [1.807, 2.05) is 30.4 Å². The van der Waals surface area contributed by atoms with Crippen LogP contribution in [0.3, 0.4) is 0 Å². The first kappa shape index (κ1) is 23.6. The zero-order chi connectivity index (χ0) is 23.4. The van der Waals surface area contributed by atoms with Crippen LogP contribution < -0.4 is 0 Å². The van der Waals surface area contributed by atoms with Crippen LogP contribution in [0.1, 0.15) is 86.0 Å². The Labute approximate surface area is 195 Å². The maximum Gasteiger partial charge on any atom is 0.162 e. The molecule has 2 aromatic rings. The van der Waals surface area contributed by atoms with E-state index in [0.717, 1.165) is 35.5 Å². The second-order valence-corrected chi connectivity index (χ2v) is 9.49. The predicted molar refractivity (Wildman–Crippen MR) is 131 cm³/mol. The van der Waals surface area contributed by atoms with Crippen molar-refractivity contribution < 1.29 is 13.2 Å². The van der Waals surface area contributed by atoms with E-state index in [1.54, 1.807) is 24.3 Å². The van der Waals surface area contributed by atoms with Gasteiger partial charge in [-0.1, -0.05) is 61.9 Å². The van der Waals surface area contributed by atoms with Crippen LogP contribution in [0.15, 0.2) is 61.2 Å². The standard InChI is InChI=1S/C30H33F3/c1-3-5-6-24-15-18-27(30(33)29(24)32)23-13-11-21(12-14-23)25-16-17-26(28(31)19-25)22-9-7-20(4-2)8-10-22/h3,11-13,15-20,22-23H,1,4-10,14H2,2H3. The molecule has 0 amide bonds. The fraction of sp³-hybridized carbons (Fsp3) is 0.400. The molecule has 4 rings (SSSR count). The third-order valence-corrected chi connectivity index (χ3v) is 7.51. The highest BCUT2D eigenvalue weighted by Gasteiger charge is 2.24. The van der Waals surface area contributed by atoms with Crippen molar-refractivity contribution in [2.24, 2.45) is 5.92 Å². The molecule has 0 radical (unpaired) electrons. The number of hydrogen-bond acceptors (Lipinski definition) is 0. The van der Waals surface area contributed by atoms with Gasteiger partial charge >= 0.3 is 0 Å². The van der Waals surface area contributed by atoms with Gasteiger partial charge in [0.05, 0.1) is 0 Å². The number of benzene rings is 2. The Balaban J connectivity index is 1.45. The molecule has 2 aliphatic carbocycles. The van der Waals surface area contributed by atoms with Crippen molar-refractivity contribution in [1.29, 1.82) is 0 Å². The van der Waals surface area contributed by atoms with Crippen molar-refractivity contribution in [2.75, 3.05) is 0 Å². The molecule has 0 bridgehead atoms. The van der Waals surface area contributed by atoms with Gasteiger partial charge in [0.15, 0.2) is 11.6 Å². The molecule has 3 heteroatoms. The summed E-state index contributed by atoms with van der Waals surface area (Å²) in [5.74, 6) is -0.786. The fourth-order valence-corrected chi connectivity index (χ4v) is 5.33. The van der Waals surface area contributed by atoms with Crippen molar-refractivity contribution in [3.05, 3.63) is 101 Å². The predicted octanol–water partition coefficient (Wildman–Crippen LogP) is 9.03. The highest BCUT2D eigenvalue weighted by molar-refractivity contribution is 5.75. The molecule has 0 spiro atoms. The second-order valence-electron chi connectivity index (χ2n) is 9.49. The van der Waals surface area contributed by atoms with Crippen molar-refractivity contribution in [1.82, 2.24) is 0 Å². The summed E-state index contributed by atoms with van der Waals surface area (Å²) in [6.45, 7) is 5.87. The Hall–Kier alpha value is -2.55. The SMILES string of the molecule is C=CCCc1ccc(C2C=CC(c3ccc(C4CCC(CC)CC4)c(F)c3)=CC2)c(F)c1F. The van der Waals surface area contributed by atoms with Gasteiger partial charge in [0.25, 0.3) is 0 Å². The third kappa shape index (κ3) is 5.18.